The molecule has 3 nitrogen and oxygen atoms in total. The Morgan fingerprint density at radius 1 is 1.50 bits per heavy atom. The lowest BCUT2D eigenvalue weighted by Crippen LogP contribution is -2.44. The molecule has 1 amide bonds. The van der Waals surface area contributed by atoms with E-state index in [0.717, 1.165) is 42.4 Å². The van der Waals surface area contributed by atoms with Gasteiger partial charge < -0.3 is 9.47 Å². The largest absolute Gasteiger partial charge is 0.345 e. The quantitative estimate of drug-likeness (QED) is 0.837. The third kappa shape index (κ3) is 2.79. The minimum Gasteiger partial charge on any atom is -0.345 e. The molecule has 1 atom stereocenters. The minimum atomic E-state index is 0.182. The molecule has 2 rings (SSSR count). The number of nitrogens with zero attached hydrogens (tertiary/aromatic N) is 2. The predicted octanol–water partition coefficient (Wildman–Crippen LogP) is 3.58. The summed E-state index contributed by atoms with van der Waals surface area (Å²) < 4.78 is 2.88. The highest BCUT2D eigenvalue weighted by molar-refractivity contribution is 9.10. The van der Waals surface area contributed by atoms with Crippen LogP contribution in [0, 0.1) is 0 Å². The normalized spacial score (nSPS) is 20.2. The molecular weight excluding hydrogens is 292 g/mol. The minimum absolute atomic E-state index is 0.182. The van der Waals surface area contributed by atoms with Crippen molar-refractivity contribution in [1.29, 1.82) is 0 Å². The number of carbonyl (C=O) groups is 1. The van der Waals surface area contributed by atoms with E-state index in [1.165, 1.54) is 6.42 Å². The molecule has 1 fully saturated rings. The number of halogens is 1. The van der Waals surface area contributed by atoms with Crippen molar-refractivity contribution in [2.24, 2.45) is 7.05 Å². The van der Waals surface area contributed by atoms with Crippen LogP contribution in [0.4, 0.5) is 0 Å². The second-order valence-electron chi connectivity index (χ2n) is 5.09. The molecule has 2 heterocycles. The van der Waals surface area contributed by atoms with Crippen molar-refractivity contribution < 1.29 is 4.79 Å². The molecule has 1 saturated heterocycles. The number of amides is 1. The summed E-state index contributed by atoms with van der Waals surface area (Å²) >= 11 is 3.43. The molecular formula is C14H21BrN2O. The predicted molar refractivity (Wildman–Crippen MR) is 76.7 cm³/mol. The Bertz CT molecular complexity index is 425. The van der Waals surface area contributed by atoms with E-state index in [4.69, 9.17) is 0 Å². The lowest BCUT2D eigenvalue weighted by atomic mass is 9.98. The molecule has 18 heavy (non-hydrogen) atoms. The first-order chi connectivity index (χ1) is 8.63. The van der Waals surface area contributed by atoms with E-state index in [2.05, 4.69) is 27.8 Å². The van der Waals surface area contributed by atoms with Crippen molar-refractivity contribution in [1.82, 2.24) is 9.47 Å². The van der Waals surface area contributed by atoms with Crippen LogP contribution < -0.4 is 0 Å². The average molecular weight is 313 g/mol. The number of carbonyl (C=O) groups excluding carboxylic acids is 1. The van der Waals surface area contributed by atoms with Gasteiger partial charge in [-0.05, 0) is 47.7 Å². The van der Waals surface area contributed by atoms with Crippen molar-refractivity contribution in [3.8, 4) is 0 Å². The molecule has 1 unspecified atom stereocenters. The van der Waals surface area contributed by atoms with E-state index in [0.29, 0.717) is 6.04 Å². The smallest absolute Gasteiger partial charge is 0.270 e. The topological polar surface area (TPSA) is 25.2 Å². The van der Waals surface area contributed by atoms with Crippen LogP contribution in [-0.2, 0) is 7.05 Å². The summed E-state index contributed by atoms with van der Waals surface area (Å²) in [5.41, 5.74) is 0.782. The van der Waals surface area contributed by atoms with Gasteiger partial charge >= 0.3 is 0 Å². The summed E-state index contributed by atoms with van der Waals surface area (Å²) in [4.78, 5) is 14.7. The van der Waals surface area contributed by atoms with Gasteiger partial charge in [0.05, 0.1) is 0 Å². The van der Waals surface area contributed by atoms with E-state index in [9.17, 15) is 4.79 Å². The number of aromatic nitrogens is 1. The van der Waals surface area contributed by atoms with E-state index >= 15 is 0 Å². The number of rotatable bonds is 3. The molecule has 1 aromatic rings. The van der Waals surface area contributed by atoms with Gasteiger partial charge in [0.25, 0.3) is 5.91 Å². The van der Waals surface area contributed by atoms with Gasteiger partial charge in [-0.25, -0.2) is 0 Å². The molecule has 0 bridgehead atoms. The van der Waals surface area contributed by atoms with Crippen LogP contribution in [0.2, 0.25) is 0 Å². The third-order valence-corrected chi connectivity index (χ3v) is 4.13. The van der Waals surface area contributed by atoms with Crippen molar-refractivity contribution in [3.05, 3.63) is 22.4 Å². The number of hydrogen-bond acceptors (Lipinski definition) is 1. The Hall–Kier alpha value is -0.770. The monoisotopic (exact) mass is 312 g/mol. The zero-order valence-corrected chi connectivity index (χ0v) is 12.7. The average Bonchev–Trinajstić information content (AvgIpc) is 2.69. The highest BCUT2D eigenvalue weighted by atomic mass is 79.9. The van der Waals surface area contributed by atoms with Crippen molar-refractivity contribution >= 4 is 21.8 Å². The Kier molecular flexibility index (Phi) is 4.49. The van der Waals surface area contributed by atoms with Crippen molar-refractivity contribution in [2.45, 2.75) is 45.1 Å². The van der Waals surface area contributed by atoms with Crippen LogP contribution in [0.25, 0.3) is 0 Å². The van der Waals surface area contributed by atoms with E-state index in [1.807, 2.05) is 23.9 Å². The highest BCUT2D eigenvalue weighted by Gasteiger charge is 2.28. The van der Waals surface area contributed by atoms with Gasteiger partial charge in [-0.2, -0.15) is 0 Å². The fourth-order valence-electron chi connectivity index (χ4n) is 2.79. The van der Waals surface area contributed by atoms with Crippen LogP contribution in [-0.4, -0.2) is 28.0 Å². The molecule has 0 radical (unpaired) electrons. The summed E-state index contributed by atoms with van der Waals surface area (Å²) in [6.45, 7) is 3.10. The maximum atomic E-state index is 12.6. The van der Waals surface area contributed by atoms with Crippen LogP contribution >= 0.6 is 15.9 Å². The molecule has 0 spiro atoms. The fourth-order valence-corrected chi connectivity index (χ4v) is 3.31. The summed E-state index contributed by atoms with van der Waals surface area (Å²) in [6, 6.07) is 2.35. The first-order valence-corrected chi connectivity index (χ1v) is 7.55. The number of likely N-dealkylation sites (tertiary alicyclic amines) is 1. The SMILES string of the molecule is CCCC1CCCCN1C(=O)c1cc(Br)cn1C. The van der Waals surface area contributed by atoms with Gasteiger partial charge in [-0.15, -0.1) is 0 Å². The van der Waals surface area contributed by atoms with Gasteiger partial charge in [0.2, 0.25) is 0 Å². The molecule has 1 aliphatic rings. The molecule has 4 heteroatoms. The number of aryl methyl sites for hydroxylation is 1. The van der Waals surface area contributed by atoms with Crippen LogP contribution in [0.1, 0.15) is 49.5 Å². The maximum absolute atomic E-state index is 12.6. The van der Waals surface area contributed by atoms with Crippen LogP contribution in [0.3, 0.4) is 0 Å². The molecule has 100 valence electrons. The van der Waals surface area contributed by atoms with Crippen LogP contribution in [0.5, 0.6) is 0 Å². The molecule has 1 aliphatic heterocycles. The highest BCUT2D eigenvalue weighted by Crippen LogP contribution is 2.24. The molecule has 1 aromatic heterocycles. The van der Waals surface area contributed by atoms with Gasteiger partial charge in [-0.1, -0.05) is 13.3 Å². The Labute approximate surface area is 117 Å². The Balaban J connectivity index is 2.18. The van der Waals surface area contributed by atoms with E-state index < -0.39 is 0 Å². The lowest BCUT2D eigenvalue weighted by Gasteiger charge is -2.35. The Morgan fingerprint density at radius 2 is 2.28 bits per heavy atom. The molecule has 0 N–H and O–H groups in total. The second-order valence-corrected chi connectivity index (χ2v) is 6.01. The zero-order valence-electron chi connectivity index (χ0n) is 11.2. The summed E-state index contributed by atoms with van der Waals surface area (Å²) in [7, 11) is 1.93. The van der Waals surface area contributed by atoms with Gasteiger partial charge in [0, 0.05) is 30.3 Å². The van der Waals surface area contributed by atoms with Gasteiger partial charge in [0.1, 0.15) is 5.69 Å². The van der Waals surface area contributed by atoms with Gasteiger partial charge in [0.15, 0.2) is 0 Å². The number of hydrogen-bond donors (Lipinski definition) is 0. The molecule has 0 aliphatic carbocycles. The summed E-state index contributed by atoms with van der Waals surface area (Å²) in [5.74, 6) is 0.182. The molecule has 0 aromatic carbocycles. The zero-order chi connectivity index (χ0) is 13.1. The van der Waals surface area contributed by atoms with Crippen molar-refractivity contribution in [3.63, 3.8) is 0 Å². The Morgan fingerprint density at radius 3 is 2.89 bits per heavy atom. The molecule has 0 saturated carbocycles. The lowest BCUT2D eigenvalue weighted by molar-refractivity contribution is 0.0591. The van der Waals surface area contributed by atoms with Crippen LogP contribution in [0.15, 0.2) is 16.7 Å². The van der Waals surface area contributed by atoms with Gasteiger partial charge in [-0.3, -0.25) is 4.79 Å². The summed E-state index contributed by atoms with van der Waals surface area (Å²) in [5, 5.41) is 0. The standard InChI is InChI=1S/C14H21BrN2O/c1-3-6-12-7-4-5-8-17(12)14(18)13-9-11(15)10-16(13)2/h9-10,12H,3-8H2,1-2H3. The first kappa shape index (κ1) is 13.7. The number of piperidine rings is 1. The van der Waals surface area contributed by atoms with E-state index in [-0.39, 0.29) is 5.91 Å². The third-order valence-electron chi connectivity index (χ3n) is 3.70. The second kappa shape index (κ2) is 5.91. The van der Waals surface area contributed by atoms with Crippen molar-refractivity contribution in [2.75, 3.05) is 6.54 Å². The first-order valence-electron chi connectivity index (χ1n) is 6.76. The summed E-state index contributed by atoms with van der Waals surface area (Å²) in [6.07, 6.45) is 7.75. The maximum Gasteiger partial charge on any atom is 0.270 e. The fraction of sp³-hybridized carbons (Fsp3) is 0.643. The van der Waals surface area contributed by atoms with E-state index in [1.54, 1.807) is 0 Å².